The second-order valence-electron chi connectivity index (χ2n) is 3.40. The van der Waals surface area contributed by atoms with Gasteiger partial charge in [-0.3, -0.25) is 9.52 Å². The van der Waals surface area contributed by atoms with Crippen LogP contribution in [0.15, 0.2) is 0 Å². The zero-order valence-corrected chi connectivity index (χ0v) is 12.1. The van der Waals surface area contributed by atoms with Crippen molar-refractivity contribution >= 4 is 37.5 Å². The van der Waals surface area contributed by atoms with Crippen LogP contribution in [0, 0.1) is 0 Å². The Morgan fingerprint density at radius 1 is 1.19 bits per heavy atom. The van der Waals surface area contributed by atoms with Gasteiger partial charge in [0.15, 0.2) is 0 Å². The molecule has 0 bridgehead atoms. The molecule has 0 aliphatic heterocycles. The van der Waals surface area contributed by atoms with Gasteiger partial charge in [-0.1, -0.05) is 34.9 Å². The molecule has 0 radical (unpaired) electrons. The van der Waals surface area contributed by atoms with Gasteiger partial charge in [0, 0.05) is 17.9 Å². The van der Waals surface area contributed by atoms with E-state index in [1.54, 1.807) is 10.8 Å². The lowest BCUT2D eigenvalue weighted by Gasteiger charge is -2.02. The summed E-state index contributed by atoms with van der Waals surface area (Å²) >= 11 is 0. The first-order valence-corrected chi connectivity index (χ1v) is 9.58. The molecule has 0 saturated carbocycles. The number of nitrogens with one attached hydrogen (secondary N) is 1. The van der Waals surface area contributed by atoms with Crippen LogP contribution in [0.4, 0.5) is 0 Å². The molecule has 4 nitrogen and oxygen atoms in total. The van der Waals surface area contributed by atoms with Gasteiger partial charge >= 0.3 is 0 Å². The second-order valence-corrected chi connectivity index (χ2v) is 7.85. The van der Waals surface area contributed by atoms with Crippen LogP contribution in [0.5, 0.6) is 0 Å². The highest BCUT2D eigenvalue weighted by molar-refractivity contribution is 8.76. The Hall–Kier alpha value is 0.120. The summed E-state index contributed by atoms with van der Waals surface area (Å²) in [5.41, 5.74) is 0. The van der Waals surface area contributed by atoms with Crippen molar-refractivity contribution in [2.24, 2.45) is 0 Å². The van der Waals surface area contributed by atoms with Crippen molar-refractivity contribution in [3.05, 3.63) is 0 Å². The van der Waals surface area contributed by atoms with E-state index in [-0.39, 0.29) is 6.42 Å². The summed E-state index contributed by atoms with van der Waals surface area (Å²) in [6, 6.07) is 0. The normalized spacial score (nSPS) is 11.4. The number of carbonyl (C=O) groups is 1. The maximum Gasteiger partial charge on any atom is 0.233 e. The smallest absolute Gasteiger partial charge is 0.233 e. The minimum atomic E-state index is -3.39. The van der Waals surface area contributed by atoms with E-state index in [4.69, 9.17) is 0 Å². The average Bonchev–Trinajstić information content (AvgIpc) is 2.13. The molecule has 0 aromatic rings. The second kappa shape index (κ2) is 9.18. The van der Waals surface area contributed by atoms with Crippen LogP contribution >= 0.6 is 21.6 Å². The van der Waals surface area contributed by atoms with Crippen molar-refractivity contribution < 1.29 is 13.2 Å². The fraction of sp³-hybridized carbons (Fsp3) is 0.889. The van der Waals surface area contributed by atoms with Gasteiger partial charge in [-0.15, -0.1) is 0 Å². The van der Waals surface area contributed by atoms with E-state index >= 15 is 0 Å². The van der Waals surface area contributed by atoms with E-state index in [2.05, 4.69) is 6.92 Å². The Morgan fingerprint density at radius 2 is 1.75 bits per heavy atom. The van der Waals surface area contributed by atoms with Crippen LogP contribution in [0.25, 0.3) is 0 Å². The van der Waals surface area contributed by atoms with Crippen LogP contribution < -0.4 is 4.72 Å². The number of sulfonamides is 1. The third-order valence-electron chi connectivity index (χ3n) is 1.60. The zero-order chi connectivity index (χ0) is 12.4. The molecular weight excluding hydrogens is 266 g/mol. The molecule has 0 aliphatic rings. The van der Waals surface area contributed by atoms with E-state index < -0.39 is 15.9 Å². The molecule has 0 aromatic heterocycles. The van der Waals surface area contributed by atoms with Crippen LogP contribution in [-0.4, -0.2) is 32.1 Å². The van der Waals surface area contributed by atoms with Gasteiger partial charge in [-0.25, -0.2) is 8.42 Å². The predicted molar refractivity (Wildman–Crippen MR) is 72.0 cm³/mol. The van der Waals surface area contributed by atoms with Crippen LogP contribution in [0.3, 0.4) is 0 Å². The molecule has 0 spiro atoms. The Labute approximate surface area is 106 Å². The number of rotatable bonds is 9. The van der Waals surface area contributed by atoms with Crippen molar-refractivity contribution in [3.63, 3.8) is 0 Å². The molecule has 0 rings (SSSR count). The maximum absolute atomic E-state index is 11.1. The van der Waals surface area contributed by atoms with Gasteiger partial charge in [0.25, 0.3) is 0 Å². The summed E-state index contributed by atoms with van der Waals surface area (Å²) in [5, 5.41) is 0. The van der Waals surface area contributed by atoms with E-state index in [0.717, 1.165) is 17.8 Å². The maximum atomic E-state index is 11.1. The summed E-state index contributed by atoms with van der Waals surface area (Å²) in [6.07, 6.45) is 4.39. The molecule has 7 heteroatoms. The molecule has 0 atom stereocenters. The number of hydrogen-bond donors (Lipinski definition) is 1. The fourth-order valence-corrected chi connectivity index (χ4v) is 3.70. The average molecular weight is 285 g/mol. The fourth-order valence-electron chi connectivity index (χ4n) is 0.871. The van der Waals surface area contributed by atoms with Crippen LogP contribution in [-0.2, 0) is 14.8 Å². The lowest BCUT2D eigenvalue weighted by atomic mass is 10.3. The largest absolute Gasteiger partial charge is 0.274 e. The molecule has 0 saturated heterocycles. The molecule has 0 aromatic carbocycles. The van der Waals surface area contributed by atoms with Gasteiger partial charge in [0.2, 0.25) is 15.9 Å². The van der Waals surface area contributed by atoms with Gasteiger partial charge in [-0.2, -0.15) is 0 Å². The quantitative estimate of drug-likeness (QED) is 0.519. The van der Waals surface area contributed by atoms with Gasteiger partial charge in [0.1, 0.15) is 0 Å². The van der Waals surface area contributed by atoms with Crippen LogP contribution in [0.1, 0.15) is 32.6 Å². The van der Waals surface area contributed by atoms with Gasteiger partial charge in [0.05, 0.1) is 6.26 Å². The summed E-state index contributed by atoms with van der Waals surface area (Å²) in [4.78, 5) is 11.1. The first-order valence-electron chi connectivity index (χ1n) is 5.20. The highest BCUT2D eigenvalue weighted by Gasteiger charge is 2.07. The topological polar surface area (TPSA) is 63.2 Å². The Morgan fingerprint density at radius 3 is 2.25 bits per heavy atom. The van der Waals surface area contributed by atoms with Crippen molar-refractivity contribution in [2.75, 3.05) is 17.8 Å². The molecular formula is C9H19NO3S3. The lowest BCUT2D eigenvalue weighted by molar-refractivity contribution is -0.119. The predicted octanol–water partition coefficient (Wildman–Crippen LogP) is 2.02. The lowest BCUT2D eigenvalue weighted by Crippen LogP contribution is -2.29. The molecule has 16 heavy (non-hydrogen) atoms. The molecule has 0 fully saturated rings. The number of unbranched alkanes of at least 4 members (excludes halogenated alkanes) is 1. The standard InChI is InChI=1S/C9H19NO3S3/c1-3-4-7-14-15-8-5-6-9(11)10-16(2,12)13/h3-8H2,1-2H3,(H,10,11). The molecule has 0 unspecified atom stereocenters. The number of hydrogen-bond acceptors (Lipinski definition) is 5. The highest BCUT2D eigenvalue weighted by Crippen LogP contribution is 2.23. The molecule has 96 valence electrons. The third-order valence-corrected chi connectivity index (χ3v) is 4.77. The van der Waals surface area contributed by atoms with E-state index in [1.165, 1.54) is 12.8 Å². The van der Waals surface area contributed by atoms with Crippen LogP contribution in [0.2, 0.25) is 0 Å². The minimum Gasteiger partial charge on any atom is -0.274 e. The minimum absolute atomic E-state index is 0.272. The Bertz CT molecular complexity index is 290. The summed E-state index contributed by atoms with van der Waals surface area (Å²) in [6.45, 7) is 2.15. The first kappa shape index (κ1) is 16.1. The van der Waals surface area contributed by atoms with E-state index in [9.17, 15) is 13.2 Å². The monoisotopic (exact) mass is 285 g/mol. The number of amides is 1. The van der Waals surface area contributed by atoms with Crippen molar-refractivity contribution in [1.29, 1.82) is 0 Å². The Kier molecular flexibility index (Phi) is 9.25. The molecule has 0 heterocycles. The third kappa shape index (κ3) is 12.2. The van der Waals surface area contributed by atoms with Crippen molar-refractivity contribution in [3.8, 4) is 0 Å². The van der Waals surface area contributed by atoms with Crippen molar-refractivity contribution in [2.45, 2.75) is 32.6 Å². The Balaban J connectivity index is 3.35. The summed E-state index contributed by atoms with van der Waals surface area (Å²) in [7, 11) is 0.160. The highest BCUT2D eigenvalue weighted by atomic mass is 33.1. The van der Waals surface area contributed by atoms with Crippen molar-refractivity contribution in [1.82, 2.24) is 4.72 Å². The van der Waals surface area contributed by atoms with E-state index in [0.29, 0.717) is 6.42 Å². The summed E-state index contributed by atoms with van der Waals surface area (Å²) < 4.78 is 23.4. The van der Waals surface area contributed by atoms with E-state index in [1.807, 2.05) is 15.5 Å². The zero-order valence-electron chi connectivity index (χ0n) is 9.69. The SMILES string of the molecule is CCCCSSCCCC(=O)NS(C)(=O)=O. The molecule has 1 amide bonds. The molecule has 0 aliphatic carbocycles. The summed E-state index contributed by atoms with van der Waals surface area (Å²) in [5.74, 6) is 1.60. The number of carbonyl (C=O) groups excluding carboxylic acids is 1. The first-order chi connectivity index (χ1) is 7.45. The van der Waals surface area contributed by atoms with Gasteiger partial charge in [-0.05, 0) is 12.8 Å². The van der Waals surface area contributed by atoms with Gasteiger partial charge < -0.3 is 0 Å². The molecule has 1 N–H and O–H groups in total.